The van der Waals surface area contributed by atoms with E-state index < -0.39 is 11.9 Å². The van der Waals surface area contributed by atoms with E-state index in [1.54, 1.807) is 11.3 Å². The van der Waals surface area contributed by atoms with Crippen LogP contribution in [0.1, 0.15) is 11.3 Å². The maximum Gasteiger partial charge on any atom is 0.433 e. The van der Waals surface area contributed by atoms with Crippen LogP contribution in [0.3, 0.4) is 0 Å². The van der Waals surface area contributed by atoms with Crippen LogP contribution in [0.2, 0.25) is 0 Å². The minimum absolute atomic E-state index is 0.250. The van der Waals surface area contributed by atoms with Crippen molar-refractivity contribution in [3.63, 3.8) is 0 Å². The first-order chi connectivity index (χ1) is 8.55. The Morgan fingerprint density at radius 3 is 2.72 bits per heavy atom. The maximum absolute atomic E-state index is 12.4. The molecule has 0 saturated carbocycles. The summed E-state index contributed by atoms with van der Waals surface area (Å²) in [5, 5.41) is 6.87. The van der Waals surface area contributed by atoms with Crippen LogP contribution in [0.15, 0.2) is 35.0 Å². The lowest BCUT2D eigenvalue weighted by Crippen LogP contribution is -2.11. The molecule has 6 heteroatoms. The Kier molecular flexibility index (Phi) is 3.86. The second kappa shape index (κ2) is 5.39. The van der Waals surface area contributed by atoms with Gasteiger partial charge in [0.1, 0.15) is 11.5 Å². The highest BCUT2D eigenvalue weighted by molar-refractivity contribution is 7.07. The van der Waals surface area contributed by atoms with Gasteiger partial charge in [0.25, 0.3) is 0 Å². The summed E-state index contributed by atoms with van der Waals surface area (Å²) < 4.78 is 37.3. The van der Waals surface area contributed by atoms with E-state index in [9.17, 15) is 13.2 Å². The Morgan fingerprint density at radius 2 is 2.06 bits per heavy atom. The van der Waals surface area contributed by atoms with E-state index in [0.29, 0.717) is 6.54 Å². The quantitative estimate of drug-likeness (QED) is 0.915. The van der Waals surface area contributed by atoms with Crippen LogP contribution in [0.4, 0.5) is 19.0 Å². The molecule has 0 radical (unpaired) electrons. The van der Waals surface area contributed by atoms with Gasteiger partial charge in [0.2, 0.25) is 0 Å². The summed E-state index contributed by atoms with van der Waals surface area (Å²) in [6.07, 6.45) is -3.63. The van der Waals surface area contributed by atoms with Crippen LogP contribution in [0.25, 0.3) is 0 Å². The Morgan fingerprint density at radius 1 is 1.22 bits per heavy atom. The lowest BCUT2D eigenvalue weighted by Gasteiger charge is -2.09. The average Bonchev–Trinajstić information content (AvgIpc) is 2.81. The first-order valence-corrected chi connectivity index (χ1v) is 6.29. The third kappa shape index (κ3) is 3.46. The fraction of sp³-hybridized carbons (Fsp3) is 0.250. The second-order valence-corrected chi connectivity index (χ2v) is 4.49. The molecule has 0 amide bonds. The fourth-order valence-corrected chi connectivity index (χ4v) is 2.16. The Hall–Kier alpha value is -1.56. The molecule has 0 spiro atoms. The van der Waals surface area contributed by atoms with Gasteiger partial charge in [-0.05, 0) is 40.9 Å². The summed E-state index contributed by atoms with van der Waals surface area (Å²) in [4.78, 5) is 3.53. The topological polar surface area (TPSA) is 24.9 Å². The second-order valence-electron chi connectivity index (χ2n) is 3.71. The predicted octanol–water partition coefficient (Wildman–Crippen LogP) is 3.82. The van der Waals surface area contributed by atoms with Gasteiger partial charge in [0, 0.05) is 6.54 Å². The highest BCUT2D eigenvalue weighted by Crippen LogP contribution is 2.28. The number of halogens is 3. The molecule has 0 bridgehead atoms. The average molecular weight is 272 g/mol. The van der Waals surface area contributed by atoms with E-state index in [2.05, 4.69) is 10.3 Å². The maximum atomic E-state index is 12.4. The number of alkyl halides is 3. The zero-order valence-corrected chi connectivity index (χ0v) is 10.2. The van der Waals surface area contributed by atoms with Crippen LogP contribution in [-0.4, -0.2) is 11.5 Å². The first-order valence-electron chi connectivity index (χ1n) is 5.35. The molecule has 1 N–H and O–H groups in total. The summed E-state index contributed by atoms with van der Waals surface area (Å²) >= 11 is 1.60. The van der Waals surface area contributed by atoms with Crippen molar-refractivity contribution in [3.05, 3.63) is 46.3 Å². The molecule has 0 saturated heterocycles. The molecule has 96 valence electrons. The number of aromatic nitrogens is 1. The molecule has 2 aromatic rings. The molecule has 18 heavy (non-hydrogen) atoms. The summed E-state index contributed by atoms with van der Waals surface area (Å²) in [7, 11) is 0. The van der Waals surface area contributed by atoms with Crippen molar-refractivity contribution in [1.82, 2.24) is 4.98 Å². The first kappa shape index (κ1) is 12.9. The van der Waals surface area contributed by atoms with Crippen LogP contribution in [0.5, 0.6) is 0 Å². The van der Waals surface area contributed by atoms with Crippen molar-refractivity contribution < 1.29 is 13.2 Å². The van der Waals surface area contributed by atoms with Gasteiger partial charge in [-0.25, -0.2) is 4.98 Å². The van der Waals surface area contributed by atoms with Crippen LogP contribution < -0.4 is 5.32 Å². The van der Waals surface area contributed by atoms with Gasteiger partial charge in [-0.3, -0.25) is 0 Å². The van der Waals surface area contributed by atoms with E-state index in [4.69, 9.17) is 0 Å². The summed E-state index contributed by atoms with van der Waals surface area (Å²) in [6.45, 7) is 0.561. The molecule has 0 atom stereocenters. The number of pyridine rings is 1. The van der Waals surface area contributed by atoms with Gasteiger partial charge in [0.05, 0.1) is 0 Å². The van der Waals surface area contributed by atoms with Gasteiger partial charge in [-0.1, -0.05) is 6.07 Å². The molecule has 2 rings (SSSR count). The van der Waals surface area contributed by atoms with E-state index in [-0.39, 0.29) is 5.82 Å². The van der Waals surface area contributed by atoms with Crippen molar-refractivity contribution in [2.75, 3.05) is 11.9 Å². The molecule has 0 aliphatic heterocycles. The van der Waals surface area contributed by atoms with Crippen molar-refractivity contribution in [2.45, 2.75) is 12.6 Å². The van der Waals surface area contributed by atoms with Gasteiger partial charge >= 0.3 is 6.18 Å². The highest BCUT2D eigenvalue weighted by Gasteiger charge is 2.32. The monoisotopic (exact) mass is 272 g/mol. The minimum atomic E-state index is -4.40. The Balaban J connectivity index is 1.93. The number of hydrogen-bond donors (Lipinski definition) is 1. The van der Waals surface area contributed by atoms with Crippen molar-refractivity contribution in [3.8, 4) is 0 Å². The number of rotatable bonds is 4. The third-order valence-corrected chi connectivity index (χ3v) is 3.07. The van der Waals surface area contributed by atoms with Crippen molar-refractivity contribution >= 4 is 17.2 Å². The van der Waals surface area contributed by atoms with E-state index in [1.165, 1.54) is 17.7 Å². The molecule has 0 aromatic carbocycles. The number of thiophene rings is 1. The Bertz CT molecular complexity index is 494. The molecule has 0 fully saturated rings. The molecule has 2 nitrogen and oxygen atoms in total. The zero-order valence-electron chi connectivity index (χ0n) is 9.37. The highest BCUT2D eigenvalue weighted by atomic mass is 32.1. The Labute approximate surface area is 106 Å². The fourth-order valence-electron chi connectivity index (χ4n) is 1.46. The standard InChI is InChI=1S/C12H11F3N2S/c13-12(14,15)10-2-1-3-11(17-10)16-6-4-9-5-7-18-8-9/h1-3,5,7-8H,4,6H2,(H,16,17). The van der Waals surface area contributed by atoms with Crippen LogP contribution >= 0.6 is 11.3 Å². The molecule has 0 aliphatic carbocycles. The van der Waals surface area contributed by atoms with Gasteiger partial charge in [-0.15, -0.1) is 0 Å². The smallest absolute Gasteiger partial charge is 0.370 e. The number of hydrogen-bond acceptors (Lipinski definition) is 3. The van der Waals surface area contributed by atoms with E-state index in [1.807, 2.05) is 16.8 Å². The molecule has 2 heterocycles. The number of nitrogens with one attached hydrogen (secondary N) is 1. The molecule has 0 aliphatic rings. The molecular formula is C12H11F3N2S. The van der Waals surface area contributed by atoms with E-state index >= 15 is 0 Å². The van der Waals surface area contributed by atoms with Gasteiger partial charge in [0.15, 0.2) is 0 Å². The molecular weight excluding hydrogens is 261 g/mol. The van der Waals surface area contributed by atoms with Crippen LogP contribution in [0, 0.1) is 0 Å². The predicted molar refractivity (Wildman–Crippen MR) is 65.8 cm³/mol. The van der Waals surface area contributed by atoms with Crippen LogP contribution in [-0.2, 0) is 12.6 Å². The zero-order chi connectivity index (χ0) is 13.0. The lowest BCUT2D eigenvalue weighted by molar-refractivity contribution is -0.141. The summed E-state index contributed by atoms with van der Waals surface area (Å²) in [6, 6.07) is 5.83. The molecule has 0 unspecified atom stereocenters. The summed E-state index contributed by atoms with van der Waals surface area (Å²) in [5.74, 6) is 0.250. The third-order valence-electron chi connectivity index (χ3n) is 2.34. The largest absolute Gasteiger partial charge is 0.433 e. The van der Waals surface area contributed by atoms with Gasteiger partial charge in [-0.2, -0.15) is 24.5 Å². The SMILES string of the molecule is FC(F)(F)c1cccc(NCCc2ccsc2)n1. The lowest BCUT2D eigenvalue weighted by atomic mass is 10.2. The van der Waals surface area contributed by atoms with E-state index in [0.717, 1.165) is 12.5 Å². The normalized spacial score (nSPS) is 11.5. The van der Waals surface area contributed by atoms with Crippen molar-refractivity contribution in [2.24, 2.45) is 0 Å². The summed E-state index contributed by atoms with van der Waals surface area (Å²) in [5.41, 5.74) is 0.294. The number of anilines is 1. The van der Waals surface area contributed by atoms with Crippen molar-refractivity contribution in [1.29, 1.82) is 0 Å². The minimum Gasteiger partial charge on any atom is -0.370 e. The molecule has 2 aromatic heterocycles. The van der Waals surface area contributed by atoms with Gasteiger partial charge < -0.3 is 5.32 Å². The number of nitrogens with zero attached hydrogens (tertiary/aromatic N) is 1.